The molecule has 3 amide bonds. The van der Waals surface area contributed by atoms with Crippen LogP contribution in [0.3, 0.4) is 0 Å². The van der Waals surface area contributed by atoms with E-state index in [1.807, 2.05) is 31.2 Å². The van der Waals surface area contributed by atoms with Gasteiger partial charge in [-0.25, -0.2) is 4.79 Å². The normalized spacial score (nSPS) is 19.4. The van der Waals surface area contributed by atoms with Crippen LogP contribution in [0.5, 0.6) is 0 Å². The zero-order chi connectivity index (χ0) is 23.5. The Morgan fingerprint density at radius 3 is 2.27 bits per heavy atom. The second kappa shape index (κ2) is 9.70. The van der Waals surface area contributed by atoms with Crippen molar-refractivity contribution < 1.29 is 23.9 Å². The molecule has 2 atom stereocenters. The molecule has 1 aliphatic carbocycles. The maximum absolute atomic E-state index is 12.7. The zero-order valence-corrected chi connectivity index (χ0v) is 19.6. The molecule has 2 aromatic rings. The minimum atomic E-state index is -0.667. The first kappa shape index (κ1) is 22.9. The number of nitrogens with zero attached hydrogens (tertiary/aromatic N) is 1. The van der Waals surface area contributed by atoms with Gasteiger partial charge in [0.25, 0.3) is 5.91 Å². The highest BCUT2D eigenvalue weighted by molar-refractivity contribution is 9.10. The van der Waals surface area contributed by atoms with E-state index in [1.54, 1.807) is 18.2 Å². The summed E-state index contributed by atoms with van der Waals surface area (Å²) in [5.74, 6) is -2.16. The van der Waals surface area contributed by atoms with Crippen molar-refractivity contribution in [1.29, 1.82) is 0 Å². The van der Waals surface area contributed by atoms with Crippen molar-refractivity contribution in [2.45, 2.75) is 26.2 Å². The Hall–Kier alpha value is -3.26. The summed E-state index contributed by atoms with van der Waals surface area (Å²) in [6.45, 7) is 1.55. The predicted octanol–water partition coefficient (Wildman–Crippen LogP) is 4.26. The van der Waals surface area contributed by atoms with Gasteiger partial charge in [0.05, 0.1) is 23.1 Å². The number of carbonyl (C=O) groups is 4. The summed E-state index contributed by atoms with van der Waals surface area (Å²) in [4.78, 5) is 51.2. The summed E-state index contributed by atoms with van der Waals surface area (Å²) < 4.78 is 6.04. The Morgan fingerprint density at radius 2 is 1.67 bits per heavy atom. The molecular formula is C25H23BrN2O5. The number of hydrogen-bond donors (Lipinski definition) is 1. The minimum Gasteiger partial charge on any atom is -0.452 e. The zero-order valence-electron chi connectivity index (χ0n) is 18.0. The van der Waals surface area contributed by atoms with Gasteiger partial charge >= 0.3 is 5.97 Å². The van der Waals surface area contributed by atoms with E-state index in [0.717, 1.165) is 16.5 Å². The Morgan fingerprint density at radius 1 is 1.03 bits per heavy atom. The average molecular weight is 511 g/mol. The van der Waals surface area contributed by atoms with Gasteiger partial charge in [-0.2, -0.15) is 0 Å². The van der Waals surface area contributed by atoms with Crippen LogP contribution in [-0.2, 0) is 25.5 Å². The fourth-order valence-electron chi connectivity index (χ4n) is 4.18. The molecule has 1 fully saturated rings. The highest BCUT2D eigenvalue weighted by Gasteiger charge is 2.47. The number of rotatable bonds is 6. The molecule has 1 heterocycles. The molecule has 33 heavy (non-hydrogen) atoms. The molecule has 0 saturated carbocycles. The first-order chi connectivity index (χ1) is 15.9. The monoisotopic (exact) mass is 510 g/mol. The van der Waals surface area contributed by atoms with Crippen LogP contribution in [-0.4, -0.2) is 30.3 Å². The number of nitrogens with one attached hydrogen (secondary N) is 1. The molecular weight excluding hydrogens is 488 g/mol. The molecule has 0 aromatic heterocycles. The number of anilines is 2. The number of esters is 1. The topological polar surface area (TPSA) is 92.8 Å². The van der Waals surface area contributed by atoms with Crippen LogP contribution in [0.1, 0.15) is 35.7 Å². The van der Waals surface area contributed by atoms with E-state index in [1.165, 1.54) is 17.0 Å². The van der Waals surface area contributed by atoms with Gasteiger partial charge in [-0.3, -0.25) is 19.3 Å². The number of hydrogen-bond acceptors (Lipinski definition) is 5. The summed E-state index contributed by atoms with van der Waals surface area (Å²) in [7, 11) is 0. The van der Waals surface area contributed by atoms with Gasteiger partial charge in [0.1, 0.15) is 0 Å². The number of allylic oxidation sites excluding steroid dienone is 2. The lowest BCUT2D eigenvalue weighted by molar-refractivity contribution is -0.122. The van der Waals surface area contributed by atoms with Crippen molar-refractivity contribution >= 4 is 51.0 Å². The molecule has 2 aliphatic rings. The summed E-state index contributed by atoms with van der Waals surface area (Å²) in [5.41, 5.74) is 2.28. The molecule has 0 radical (unpaired) electrons. The summed E-state index contributed by atoms with van der Waals surface area (Å²) in [5, 5.41) is 2.75. The van der Waals surface area contributed by atoms with Crippen LogP contribution >= 0.6 is 15.9 Å². The van der Waals surface area contributed by atoms with E-state index >= 15 is 0 Å². The standard InChI is InChI=1S/C25H23BrN2O5/c1-2-15-13-17(26)9-12-21(15)27-22(29)14-33-25(32)16-7-10-18(11-8-16)28-23(30)19-5-3-4-6-20(19)24(28)31/h3-4,7-13,19-20H,2,5-6,14H2,1H3,(H,27,29)/t19-,20-/m1/s1. The lowest BCUT2D eigenvalue weighted by atomic mass is 9.85. The van der Waals surface area contributed by atoms with E-state index in [4.69, 9.17) is 4.74 Å². The highest BCUT2D eigenvalue weighted by Crippen LogP contribution is 2.37. The number of benzene rings is 2. The first-order valence-corrected chi connectivity index (χ1v) is 11.6. The molecule has 1 aliphatic heterocycles. The van der Waals surface area contributed by atoms with Crippen molar-refractivity contribution in [3.63, 3.8) is 0 Å². The van der Waals surface area contributed by atoms with Crippen LogP contribution in [0.4, 0.5) is 11.4 Å². The number of carbonyl (C=O) groups excluding carboxylic acids is 4. The summed E-state index contributed by atoms with van der Waals surface area (Å²) in [6, 6.07) is 11.6. The lowest BCUT2D eigenvalue weighted by Gasteiger charge is -2.15. The van der Waals surface area contributed by atoms with E-state index in [9.17, 15) is 19.2 Å². The third kappa shape index (κ3) is 4.75. The smallest absolute Gasteiger partial charge is 0.338 e. The fourth-order valence-corrected chi connectivity index (χ4v) is 4.59. The third-order valence-electron chi connectivity index (χ3n) is 5.93. The second-order valence-electron chi connectivity index (χ2n) is 7.99. The van der Waals surface area contributed by atoms with Crippen LogP contribution in [0.15, 0.2) is 59.1 Å². The second-order valence-corrected chi connectivity index (χ2v) is 8.91. The number of aryl methyl sites for hydroxylation is 1. The van der Waals surface area contributed by atoms with Gasteiger partial charge in [-0.1, -0.05) is 35.0 Å². The number of halogens is 1. The molecule has 1 saturated heterocycles. The van der Waals surface area contributed by atoms with Crippen molar-refractivity contribution in [3.05, 3.63) is 70.2 Å². The SMILES string of the molecule is CCc1cc(Br)ccc1NC(=O)COC(=O)c1ccc(N2C(=O)[C@@H]3CC=CC[C@H]3C2=O)cc1. The number of amides is 3. The molecule has 2 aromatic carbocycles. The molecule has 0 bridgehead atoms. The Kier molecular flexibility index (Phi) is 6.74. The van der Waals surface area contributed by atoms with E-state index in [-0.39, 0.29) is 29.2 Å². The lowest BCUT2D eigenvalue weighted by Crippen LogP contribution is -2.30. The molecule has 170 valence electrons. The summed E-state index contributed by atoms with van der Waals surface area (Å²) >= 11 is 3.40. The number of ether oxygens (including phenoxy) is 1. The van der Waals surface area contributed by atoms with Crippen molar-refractivity contribution in [1.82, 2.24) is 0 Å². The Balaban J connectivity index is 1.36. The van der Waals surface area contributed by atoms with Gasteiger partial charge in [0.2, 0.25) is 11.8 Å². The van der Waals surface area contributed by atoms with Crippen molar-refractivity contribution in [3.8, 4) is 0 Å². The highest BCUT2D eigenvalue weighted by atomic mass is 79.9. The van der Waals surface area contributed by atoms with Gasteiger partial charge in [0.15, 0.2) is 6.61 Å². The quantitative estimate of drug-likeness (QED) is 0.356. The molecule has 0 spiro atoms. The van der Waals surface area contributed by atoms with Crippen LogP contribution in [0.2, 0.25) is 0 Å². The molecule has 1 N–H and O–H groups in total. The van der Waals surface area contributed by atoms with Crippen LogP contribution in [0, 0.1) is 11.8 Å². The predicted molar refractivity (Wildman–Crippen MR) is 127 cm³/mol. The van der Waals surface area contributed by atoms with Crippen LogP contribution in [0.25, 0.3) is 0 Å². The maximum Gasteiger partial charge on any atom is 0.338 e. The molecule has 0 unspecified atom stereocenters. The van der Waals surface area contributed by atoms with Gasteiger partial charge in [-0.05, 0) is 67.3 Å². The van der Waals surface area contributed by atoms with E-state index < -0.39 is 18.5 Å². The Bertz CT molecular complexity index is 1120. The minimum absolute atomic E-state index is 0.208. The van der Waals surface area contributed by atoms with Crippen molar-refractivity contribution in [2.24, 2.45) is 11.8 Å². The maximum atomic E-state index is 12.7. The van der Waals surface area contributed by atoms with E-state index in [0.29, 0.717) is 24.2 Å². The summed E-state index contributed by atoms with van der Waals surface area (Å²) in [6.07, 6.45) is 5.74. The third-order valence-corrected chi connectivity index (χ3v) is 6.42. The average Bonchev–Trinajstić information content (AvgIpc) is 3.09. The molecule has 4 rings (SSSR count). The first-order valence-electron chi connectivity index (χ1n) is 10.8. The van der Waals surface area contributed by atoms with Gasteiger partial charge in [0, 0.05) is 10.2 Å². The van der Waals surface area contributed by atoms with E-state index in [2.05, 4.69) is 21.2 Å². The number of imide groups is 1. The Labute approximate surface area is 199 Å². The van der Waals surface area contributed by atoms with Gasteiger partial charge in [-0.15, -0.1) is 0 Å². The molecule has 7 nitrogen and oxygen atoms in total. The molecule has 8 heteroatoms. The van der Waals surface area contributed by atoms with Gasteiger partial charge < -0.3 is 10.1 Å². The van der Waals surface area contributed by atoms with Crippen molar-refractivity contribution in [2.75, 3.05) is 16.8 Å². The number of fused-ring (bicyclic) bond motifs is 1. The largest absolute Gasteiger partial charge is 0.452 e. The van der Waals surface area contributed by atoms with Crippen LogP contribution < -0.4 is 10.2 Å². The fraction of sp³-hybridized carbons (Fsp3) is 0.280.